The predicted octanol–water partition coefficient (Wildman–Crippen LogP) is 3.57. The summed E-state index contributed by atoms with van der Waals surface area (Å²) in [6, 6.07) is 8.52. The molecule has 2 unspecified atom stereocenters. The van der Waals surface area contributed by atoms with Crippen molar-refractivity contribution in [3.05, 3.63) is 63.5 Å². The lowest BCUT2D eigenvalue weighted by atomic mass is 10.1. The van der Waals surface area contributed by atoms with Gasteiger partial charge in [-0.05, 0) is 49.6 Å². The van der Waals surface area contributed by atoms with Crippen molar-refractivity contribution in [3.63, 3.8) is 0 Å². The van der Waals surface area contributed by atoms with Gasteiger partial charge in [0.1, 0.15) is 17.5 Å². The van der Waals surface area contributed by atoms with Crippen LogP contribution < -0.4 is 10.5 Å². The van der Waals surface area contributed by atoms with E-state index in [0.717, 1.165) is 57.1 Å². The first kappa shape index (κ1) is 19.5. The molecule has 1 saturated carbocycles. The molecular weight excluding hydrogens is 405 g/mol. The van der Waals surface area contributed by atoms with Crippen LogP contribution in [0.1, 0.15) is 31.0 Å². The van der Waals surface area contributed by atoms with Gasteiger partial charge in [-0.3, -0.25) is 9.69 Å². The van der Waals surface area contributed by atoms with E-state index in [1.807, 2.05) is 12.1 Å². The first-order valence-corrected chi connectivity index (χ1v) is 10.7. The Labute approximate surface area is 178 Å². The minimum Gasteiger partial charge on any atom is -0.354 e. The first-order chi connectivity index (χ1) is 14.6. The smallest absolute Gasteiger partial charge is 0.258 e. The van der Waals surface area contributed by atoms with E-state index in [9.17, 15) is 9.18 Å². The van der Waals surface area contributed by atoms with Crippen molar-refractivity contribution in [1.82, 2.24) is 19.9 Å². The summed E-state index contributed by atoms with van der Waals surface area (Å²) < 4.78 is 13.4. The number of aromatic amines is 1. The molecule has 156 valence electrons. The van der Waals surface area contributed by atoms with Crippen molar-refractivity contribution in [2.45, 2.75) is 31.2 Å². The number of hydrogen-bond donors (Lipinski definition) is 1. The molecule has 1 saturated heterocycles. The number of piperazine rings is 1. The standard InChI is InChI=1S/C22H23ClFN5O/c23-15-2-6-20(25-13-15)29-9-7-28(8-10-29)17-4-1-14(11-17)21-26-19-5-3-16(24)12-18(19)22(30)27-21/h2-3,5-6,12-14,17H,1,4,7-11H2,(H,26,27,30). The molecule has 0 bridgehead atoms. The number of aromatic nitrogens is 3. The van der Waals surface area contributed by atoms with Crippen molar-refractivity contribution in [3.8, 4) is 0 Å². The highest BCUT2D eigenvalue weighted by atomic mass is 35.5. The Bertz CT molecular complexity index is 1110. The van der Waals surface area contributed by atoms with Crippen LogP contribution >= 0.6 is 11.6 Å². The fourth-order valence-corrected chi connectivity index (χ4v) is 4.84. The number of fused-ring (bicyclic) bond motifs is 1. The summed E-state index contributed by atoms with van der Waals surface area (Å²) in [4.78, 5) is 29.2. The highest BCUT2D eigenvalue weighted by Crippen LogP contribution is 2.36. The molecule has 0 amide bonds. The second-order valence-electron chi connectivity index (χ2n) is 8.13. The SMILES string of the molecule is O=c1[nH]c(C2CCC(N3CCN(c4ccc(Cl)cn4)CC3)C2)nc2ccc(F)cc12. The molecule has 3 aromatic rings. The second kappa shape index (κ2) is 7.96. The van der Waals surface area contributed by atoms with Gasteiger partial charge in [0.15, 0.2) is 0 Å². The number of hydrogen-bond acceptors (Lipinski definition) is 5. The maximum Gasteiger partial charge on any atom is 0.258 e. The van der Waals surface area contributed by atoms with Gasteiger partial charge in [0.05, 0.1) is 15.9 Å². The predicted molar refractivity (Wildman–Crippen MR) is 116 cm³/mol. The monoisotopic (exact) mass is 427 g/mol. The average molecular weight is 428 g/mol. The van der Waals surface area contributed by atoms with E-state index in [1.165, 1.54) is 12.1 Å². The Hall–Kier alpha value is -2.51. The number of anilines is 1. The number of H-pyrrole nitrogens is 1. The molecule has 2 fully saturated rings. The van der Waals surface area contributed by atoms with Crippen molar-refractivity contribution in [1.29, 1.82) is 0 Å². The number of benzene rings is 1. The van der Waals surface area contributed by atoms with E-state index in [2.05, 4.69) is 24.8 Å². The highest BCUT2D eigenvalue weighted by Gasteiger charge is 2.33. The Kier molecular flexibility index (Phi) is 5.16. The van der Waals surface area contributed by atoms with Gasteiger partial charge in [0, 0.05) is 44.3 Å². The van der Waals surface area contributed by atoms with Gasteiger partial charge in [-0.25, -0.2) is 14.4 Å². The number of nitrogens with one attached hydrogen (secondary N) is 1. The van der Waals surface area contributed by atoms with Crippen molar-refractivity contribution in [2.24, 2.45) is 0 Å². The van der Waals surface area contributed by atoms with Crippen molar-refractivity contribution < 1.29 is 4.39 Å². The number of rotatable bonds is 3. The molecule has 1 N–H and O–H groups in total. The van der Waals surface area contributed by atoms with Crippen LogP contribution in [0.5, 0.6) is 0 Å². The molecule has 2 aromatic heterocycles. The maximum atomic E-state index is 13.4. The van der Waals surface area contributed by atoms with Crippen LogP contribution in [0.15, 0.2) is 41.3 Å². The number of halogens is 2. The molecule has 1 aliphatic heterocycles. The molecule has 2 atom stereocenters. The minimum atomic E-state index is -0.420. The zero-order valence-electron chi connectivity index (χ0n) is 16.5. The molecule has 2 aliphatic rings. The van der Waals surface area contributed by atoms with Crippen LogP contribution in [0.3, 0.4) is 0 Å². The molecule has 0 radical (unpaired) electrons. The number of pyridine rings is 1. The normalized spacial score (nSPS) is 22.7. The van der Waals surface area contributed by atoms with Crippen LogP contribution in [-0.4, -0.2) is 52.1 Å². The third-order valence-electron chi connectivity index (χ3n) is 6.34. The van der Waals surface area contributed by atoms with E-state index in [1.54, 1.807) is 12.3 Å². The van der Waals surface area contributed by atoms with E-state index < -0.39 is 5.82 Å². The second-order valence-corrected chi connectivity index (χ2v) is 8.57. The minimum absolute atomic E-state index is 0.230. The topological polar surface area (TPSA) is 65.1 Å². The van der Waals surface area contributed by atoms with Crippen molar-refractivity contribution >= 4 is 28.3 Å². The lowest BCUT2D eigenvalue weighted by molar-refractivity contribution is 0.185. The molecule has 5 rings (SSSR count). The average Bonchev–Trinajstić information content (AvgIpc) is 3.25. The van der Waals surface area contributed by atoms with Crippen LogP contribution in [0.4, 0.5) is 10.2 Å². The third-order valence-corrected chi connectivity index (χ3v) is 6.57. The Balaban J connectivity index is 1.24. The molecule has 1 aliphatic carbocycles. The van der Waals surface area contributed by atoms with Crippen LogP contribution in [-0.2, 0) is 0 Å². The lowest BCUT2D eigenvalue weighted by Crippen LogP contribution is -2.50. The summed E-state index contributed by atoms with van der Waals surface area (Å²) in [7, 11) is 0. The van der Waals surface area contributed by atoms with Gasteiger partial charge < -0.3 is 9.88 Å². The van der Waals surface area contributed by atoms with Gasteiger partial charge in [0.2, 0.25) is 0 Å². The van der Waals surface area contributed by atoms with Crippen LogP contribution in [0.25, 0.3) is 10.9 Å². The summed E-state index contributed by atoms with van der Waals surface area (Å²) in [6.07, 6.45) is 4.76. The fraction of sp³-hybridized carbons (Fsp3) is 0.409. The summed E-state index contributed by atoms with van der Waals surface area (Å²) >= 11 is 5.94. The van der Waals surface area contributed by atoms with Gasteiger partial charge in [-0.1, -0.05) is 11.6 Å². The van der Waals surface area contributed by atoms with Crippen molar-refractivity contribution in [2.75, 3.05) is 31.1 Å². The third kappa shape index (κ3) is 3.79. The summed E-state index contributed by atoms with van der Waals surface area (Å²) in [5.41, 5.74) is 0.296. The van der Waals surface area contributed by atoms with E-state index in [-0.39, 0.29) is 11.5 Å². The summed E-state index contributed by atoms with van der Waals surface area (Å²) in [5, 5.41) is 0.958. The van der Waals surface area contributed by atoms with E-state index >= 15 is 0 Å². The zero-order chi connectivity index (χ0) is 20.7. The first-order valence-electron chi connectivity index (χ1n) is 10.4. The molecule has 1 aromatic carbocycles. The van der Waals surface area contributed by atoms with Gasteiger partial charge in [0.25, 0.3) is 5.56 Å². The molecule has 3 heterocycles. The van der Waals surface area contributed by atoms with Gasteiger partial charge >= 0.3 is 0 Å². The highest BCUT2D eigenvalue weighted by molar-refractivity contribution is 6.30. The van der Waals surface area contributed by atoms with E-state index in [0.29, 0.717) is 22.0 Å². The molecule has 6 nitrogen and oxygen atoms in total. The number of nitrogens with zero attached hydrogens (tertiary/aromatic N) is 4. The maximum absolute atomic E-state index is 13.4. The molecular formula is C22H23ClFN5O. The summed E-state index contributed by atoms with van der Waals surface area (Å²) in [6.45, 7) is 3.85. The Morgan fingerprint density at radius 2 is 1.93 bits per heavy atom. The largest absolute Gasteiger partial charge is 0.354 e. The quantitative estimate of drug-likeness (QED) is 0.692. The van der Waals surface area contributed by atoms with Gasteiger partial charge in [-0.15, -0.1) is 0 Å². The summed E-state index contributed by atoms with van der Waals surface area (Å²) in [5.74, 6) is 1.51. The molecule has 0 spiro atoms. The van der Waals surface area contributed by atoms with Gasteiger partial charge in [-0.2, -0.15) is 0 Å². The van der Waals surface area contributed by atoms with Crippen LogP contribution in [0, 0.1) is 5.82 Å². The lowest BCUT2D eigenvalue weighted by Gasteiger charge is -2.38. The van der Waals surface area contributed by atoms with Crippen LogP contribution in [0.2, 0.25) is 5.02 Å². The Morgan fingerprint density at radius 1 is 1.10 bits per heavy atom. The molecule has 30 heavy (non-hydrogen) atoms. The fourth-order valence-electron chi connectivity index (χ4n) is 4.73. The van der Waals surface area contributed by atoms with E-state index in [4.69, 9.17) is 11.6 Å². The molecule has 8 heteroatoms. The zero-order valence-corrected chi connectivity index (χ0v) is 17.3. The Morgan fingerprint density at radius 3 is 2.70 bits per heavy atom.